The van der Waals surface area contributed by atoms with E-state index in [-0.39, 0.29) is 0 Å². The van der Waals surface area contributed by atoms with Gasteiger partial charge in [0.05, 0.1) is 0 Å². The Balaban J connectivity index is 1.72. The van der Waals surface area contributed by atoms with Crippen molar-refractivity contribution in [3.63, 3.8) is 0 Å². The summed E-state index contributed by atoms with van der Waals surface area (Å²) in [5, 5.41) is 3.91. The van der Waals surface area contributed by atoms with Crippen molar-refractivity contribution in [3.05, 3.63) is 30.1 Å². The van der Waals surface area contributed by atoms with E-state index in [0.29, 0.717) is 11.6 Å². The Bertz CT molecular complexity index is 437. The first kappa shape index (κ1) is 15.0. The molecule has 1 aromatic heterocycles. The van der Waals surface area contributed by atoms with Crippen LogP contribution >= 0.6 is 0 Å². The van der Waals surface area contributed by atoms with E-state index in [9.17, 15) is 0 Å². The Morgan fingerprint density at radius 1 is 1.38 bits per heavy atom. The molecule has 1 unspecified atom stereocenters. The molecule has 3 rings (SSSR count). The number of nitrogens with one attached hydrogen (secondary N) is 1. The first-order valence-corrected chi connectivity index (χ1v) is 8.55. The van der Waals surface area contributed by atoms with E-state index in [1.54, 1.807) is 0 Å². The summed E-state index contributed by atoms with van der Waals surface area (Å²) in [7, 11) is 0. The van der Waals surface area contributed by atoms with Crippen molar-refractivity contribution in [1.29, 1.82) is 0 Å². The SMILES string of the molecule is CC(C)CC1CNC2(CCCC2)CN1Cc1cccnc1. The third kappa shape index (κ3) is 3.64. The van der Waals surface area contributed by atoms with Crippen molar-refractivity contribution in [2.45, 2.75) is 64.1 Å². The number of hydrogen-bond donors (Lipinski definition) is 1. The average molecular weight is 287 g/mol. The van der Waals surface area contributed by atoms with E-state index in [1.807, 2.05) is 12.4 Å². The Hall–Kier alpha value is -0.930. The number of nitrogens with zero attached hydrogens (tertiary/aromatic N) is 2. The van der Waals surface area contributed by atoms with E-state index < -0.39 is 0 Å². The van der Waals surface area contributed by atoms with E-state index >= 15 is 0 Å². The van der Waals surface area contributed by atoms with Crippen LogP contribution in [-0.4, -0.2) is 34.6 Å². The smallest absolute Gasteiger partial charge is 0.0312 e. The molecular weight excluding hydrogens is 258 g/mol. The monoisotopic (exact) mass is 287 g/mol. The van der Waals surface area contributed by atoms with Gasteiger partial charge in [0.1, 0.15) is 0 Å². The fourth-order valence-electron chi connectivity index (χ4n) is 4.11. The quantitative estimate of drug-likeness (QED) is 0.921. The maximum absolute atomic E-state index is 4.28. The molecule has 0 amide bonds. The molecule has 1 saturated carbocycles. The summed E-state index contributed by atoms with van der Waals surface area (Å²) in [6.07, 6.45) is 10.7. The normalized spacial score (nSPS) is 25.8. The number of aromatic nitrogens is 1. The van der Waals surface area contributed by atoms with Gasteiger partial charge in [0.25, 0.3) is 0 Å². The zero-order valence-corrected chi connectivity index (χ0v) is 13.5. The Labute approximate surface area is 129 Å². The lowest BCUT2D eigenvalue weighted by Gasteiger charge is -2.47. The van der Waals surface area contributed by atoms with Gasteiger partial charge in [0.2, 0.25) is 0 Å². The molecular formula is C18H29N3. The van der Waals surface area contributed by atoms with E-state index in [2.05, 4.69) is 41.2 Å². The molecule has 2 fully saturated rings. The Morgan fingerprint density at radius 3 is 2.86 bits per heavy atom. The van der Waals surface area contributed by atoms with Gasteiger partial charge >= 0.3 is 0 Å². The summed E-state index contributed by atoms with van der Waals surface area (Å²) in [5.74, 6) is 0.755. The van der Waals surface area contributed by atoms with Gasteiger partial charge in [-0.3, -0.25) is 9.88 Å². The second-order valence-corrected chi connectivity index (χ2v) is 7.42. The molecule has 1 spiro atoms. The first-order valence-electron chi connectivity index (χ1n) is 8.55. The van der Waals surface area contributed by atoms with E-state index in [4.69, 9.17) is 0 Å². The van der Waals surface area contributed by atoms with Gasteiger partial charge in [0, 0.05) is 43.6 Å². The van der Waals surface area contributed by atoms with Crippen LogP contribution in [-0.2, 0) is 6.54 Å². The van der Waals surface area contributed by atoms with Crippen molar-refractivity contribution in [2.75, 3.05) is 13.1 Å². The van der Waals surface area contributed by atoms with Crippen LogP contribution in [0.15, 0.2) is 24.5 Å². The van der Waals surface area contributed by atoms with Gasteiger partial charge in [-0.15, -0.1) is 0 Å². The molecule has 2 aliphatic rings. The second kappa shape index (κ2) is 6.45. The fourth-order valence-corrected chi connectivity index (χ4v) is 4.11. The molecule has 1 N–H and O–H groups in total. The molecule has 21 heavy (non-hydrogen) atoms. The largest absolute Gasteiger partial charge is 0.308 e. The summed E-state index contributed by atoms with van der Waals surface area (Å²) in [6.45, 7) is 8.08. The van der Waals surface area contributed by atoms with Crippen molar-refractivity contribution in [2.24, 2.45) is 5.92 Å². The van der Waals surface area contributed by atoms with Crippen LogP contribution in [0.3, 0.4) is 0 Å². The van der Waals surface area contributed by atoms with Gasteiger partial charge in [-0.25, -0.2) is 0 Å². The predicted octanol–water partition coefficient (Wildman–Crippen LogP) is 3.21. The van der Waals surface area contributed by atoms with Gasteiger partial charge in [-0.1, -0.05) is 32.8 Å². The van der Waals surface area contributed by atoms with Crippen LogP contribution < -0.4 is 5.32 Å². The molecule has 3 heteroatoms. The molecule has 0 bridgehead atoms. The van der Waals surface area contributed by atoms with Crippen molar-refractivity contribution in [3.8, 4) is 0 Å². The van der Waals surface area contributed by atoms with Crippen LogP contribution in [0, 0.1) is 5.92 Å². The summed E-state index contributed by atoms with van der Waals surface area (Å²) < 4.78 is 0. The van der Waals surface area contributed by atoms with Gasteiger partial charge < -0.3 is 5.32 Å². The number of rotatable bonds is 4. The van der Waals surface area contributed by atoms with Crippen LogP contribution in [0.5, 0.6) is 0 Å². The van der Waals surface area contributed by atoms with Crippen molar-refractivity contribution >= 4 is 0 Å². The molecule has 1 aliphatic carbocycles. The van der Waals surface area contributed by atoms with Crippen LogP contribution in [0.25, 0.3) is 0 Å². The lowest BCUT2D eigenvalue weighted by atomic mass is 9.89. The van der Waals surface area contributed by atoms with Crippen molar-refractivity contribution < 1.29 is 0 Å². The van der Waals surface area contributed by atoms with Gasteiger partial charge in [-0.05, 0) is 36.8 Å². The lowest BCUT2D eigenvalue weighted by molar-refractivity contribution is 0.0629. The summed E-state index contributed by atoms with van der Waals surface area (Å²) in [4.78, 5) is 7.00. The third-order valence-electron chi connectivity index (χ3n) is 5.15. The average Bonchev–Trinajstić information content (AvgIpc) is 2.91. The minimum Gasteiger partial charge on any atom is -0.308 e. The highest BCUT2D eigenvalue weighted by molar-refractivity contribution is 5.10. The van der Waals surface area contributed by atoms with Gasteiger partial charge in [-0.2, -0.15) is 0 Å². The Kier molecular flexibility index (Phi) is 4.60. The lowest BCUT2D eigenvalue weighted by Crippen LogP contribution is -2.62. The predicted molar refractivity (Wildman–Crippen MR) is 87.1 cm³/mol. The maximum Gasteiger partial charge on any atom is 0.0312 e. The topological polar surface area (TPSA) is 28.2 Å². The van der Waals surface area contributed by atoms with Crippen LogP contribution in [0.4, 0.5) is 0 Å². The molecule has 0 aromatic carbocycles. The van der Waals surface area contributed by atoms with Crippen LogP contribution in [0.1, 0.15) is 51.5 Å². The first-order chi connectivity index (χ1) is 10.2. The molecule has 3 nitrogen and oxygen atoms in total. The Morgan fingerprint density at radius 2 is 2.19 bits per heavy atom. The molecule has 116 valence electrons. The molecule has 0 radical (unpaired) electrons. The standard InChI is InChI=1S/C18H29N3/c1-15(2)10-17-12-20-18(7-3-4-8-18)14-21(17)13-16-6-5-9-19-11-16/h5-6,9,11,15,17,20H,3-4,7-8,10,12-14H2,1-2H3. The number of hydrogen-bond acceptors (Lipinski definition) is 3. The summed E-state index contributed by atoms with van der Waals surface area (Å²) in [6, 6.07) is 4.93. The molecule has 1 aliphatic heterocycles. The second-order valence-electron chi connectivity index (χ2n) is 7.42. The highest BCUT2D eigenvalue weighted by Crippen LogP contribution is 2.34. The third-order valence-corrected chi connectivity index (χ3v) is 5.15. The summed E-state index contributed by atoms with van der Waals surface area (Å²) in [5.41, 5.74) is 1.75. The van der Waals surface area contributed by atoms with Crippen LogP contribution in [0.2, 0.25) is 0 Å². The maximum atomic E-state index is 4.28. The molecule has 1 atom stereocenters. The molecule has 2 heterocycles. The zero-order chi connectivity index (χ0) is 14.7. The fraction of sp³-hybridized carbons (Fsp3) is 0.722. The summed E-state index contributed by atoms with van der Waals surface area (Å²) >= 11 is 0. The van der Waals surface area contributed by atoms with E-state index in [0.717, 1.165) is 19.0 Å². The zero-order valence-electron chi connectivity index (χ0n) is 13.5. The highest BCUT2D eigenvalue weighted by atomic mass is 15.3. The van der Waals surface area contributed by atoms with Crippen molar-refractivity contribution in [1.82, 2.24) is 15.2 Å². The molecule has 1 aromatic rings. The number of piperazine rings is 1. The highest BCUT2D eigenvalue weighted by Gasteiger charge is 2.40. The minimum atomic E-state index is 0.399. The molecule has 1 saturated heterocycles. The van der Waals surface area contributed by atoms with E-state index in [1.165, 1.54) is 44.2 Å². The minimum absolute atomic E-state index is 0.399. The van der Waals surface area contributed by atoms with Gasteiger partial charge in [0.15, 0.2) is 0 Å². The number of pyridine rings is 1.